The molecule has 2 atom stereocenters. The standard InChI is InChI=1S/C21H32N2O5S/c1-15(2)17-8-10-18(11-9-17)29(26,27)22-13-12-21(25)28-14-20(24)23-19-7-5-4-6-16(19)3/h8-11,15-16,19,22H,4-7,12-14H2,1-3H3,(H,23,24)/t16-,19+/m0/s1. The minimum atomic E-state index is -3.69. The Morgan fingerprint density at radius 1 is 1.14 bits per heavy atom. The van der Waals surface area contributed by atoms with Crippen molar-refractivity contribution in [2.45, 2.75) is 69.7 Å². The molecule has 1 aliphatic rings. The molecule has 29 heavy (non-hydrogen) atoms. The van der Waals surface area contributed by atoms with Crippen LogP contribution in [0.25, 0.3) is 0 Å². The zero-order chi connectivity index (χ0) is 21.4. The molecule has 1 aromatic carbocycles. The molecule has 0 saturated heterocycles. The summed E-state index contributed by atoms with van der Waals surface area (Å²) in [5.74, 6) is -0.196. The van der Waals surface area contributed by atoms with Gasteiger partial charge in [-0.1, -0.05) is 45.7 Å². The van der Waals surface area contributed by atoms with Crippen LogP contribution in [-0.4, -0.2) is 39.5 Å². The molecule has 0 bridgehead atoms. The maximum atomic E-state index is 12.3. The second-order valence-electron chi connectivity index (χ2n) is 7.97. The molecule has 0 aliphatic heterocycles. The maximum absolute atomic E-state index is 12.3. The van der Waals surface area contributed by atoms with E-state index >= 15 is 0 Å². The van der Waals surface area contributed by atoms with E-state index < -0.39 is 16.0 Å². The van der Waals surface area contributed by atoms with E-state index in [0.717, 1.165) is 24.8 Å². The summed E-state index contributed by atoms with van der Waals surface area (Å²) in [5.41, 5.74) is 1.05. The molecular formula is C21H32N2O5S. The van der Waals surface area contributed by atoms with E-state index in [1.54, 1.807) is 24.3 Å². The van der Waals surface area contributed by atoms with Gasteiger partial charge in [-0.3, -0.25) is 9.59 Å². The van der Waals surface area contributed by atoms with E-state index in [1.807, 2.05) is 13.8 Å². The SMILES string of the molecule is CC(C)c1ccc(S(=O)(=O)NCCC(=O)OCC(=O)N[C@@H]2CCCC[C@@H]2C)cc1. The van der Waals surface area contributed by atoms with Crippen molar-refractivity contribution < 1.29 is 22.7 Å². The van der Waals surface area contributed by atoms with Crippen molar-refractivity contribution in [1.29, 1.82) is 0 Å². The molecule has 7 nitrogen and oxygen atoms in total. The smallest absolute Gasteiger partial charge is 0.307 e. The molecule has 1 fully saturated rings. The Bertz CT molecular complexity index is 790. The van der Waals surface area contributed by atoms with Gasteiger partial charge in [-0.2, -0.15) is 0 Å². The van der Waals surface area contributed by atoms with E-state index in [-0.39, 0.29) is 36.4 Å². The van der Waals surface area contributed by atoms with Crippen LogP contribution in [0, 0.1) is 5.92 Å². The van der Waals surface area contributed by atoms with Crippen molar-refractivity contribution in [3.63, 3.8) is 0 Å². The Morgan fingerprint density at radius 3 is 2.41 bits per heavy atom. The number of sulfonamides is 1. The van der Waals surface area contributed by atoms with E-state index in [0.29, 0.717) is 11.8 Å². The summed E-state index contributed by atoms with van der Waals surface area (Å²) in [6, 6.07) is 6.78. The molecule has 2 rings (SSSR count). The van der Waals surface area contributed by atoms with Crippen molar-refractivity contribution in [3.8, 4) is 0 Å². The first-order valence-electron chi connectivity index (χ1n) is 10.2. The fraction of sp³-hybridized carbons (Fsp3) is 0.619. The number of carbonyl (C=O) groups excluding carboxylic acids is 2. The molecule has 1 saturated carbocycles. The third kappa shape index (κ3) is 7.44. The molecule has 0 spiro atoms. The predicted octanol–water partition coefficient (Wildman–Crippen LogP) is 2.72. The minimum Gasteiger partial charge on any atom is -0.456 e. The van der Waals surface area contributed by atoms with Crippen molar-refractivity contribution in [1.82, 2.24) is 10.0 Å². The van der Waals surface area contributed by atoms with Crippen LogP contribution in [0.3, 0.4) is 0 Å². The van der Waals surface area contributed by atoms with Crippen LogP contribution >= 0.6 is 0 Å². The van der Waals surface area contributed by atoms with Crippen LogP contribution in [0.4, 0.5) is 0 Å². The van der Waals surface area contributed by atoms with Crippen molar-refractivity contribution in [2.75, 3.05) is 13.2 Å². The molecule has 0 unspecified atom stereocenters. The average molecular weight is 425 g/mol. The summed E-state index contributed by atoms with van der Waals surface area (Å²) in [6.45, 7) is 5.74. The number of rotatable bonds is 9. The molecule has 162 valence electrons. The van der Waals surface area contributed by atoms with Crippen LogP contribution in [-0.2, 0) is 24.3 Å². The number of carbonyl (C=O) groups is 2. The summed E-state index contributed by atoms with van der Waals surface area (Å²) >= 11 is 0. The summed E-state index contributed by atoms with van der Waals surface area (Å²) in [5, 5.41) is 2.91. The predicted molar refractivity (Wildman–Crippen MR) is 111 cm³/mol. The Kier molecular flexibility index (Phi) is 8.64. The Hall–Kier alpha value is -1.93. The summed E-state index contributed by atoms with van der Waals surface area (Å²) in [6.07, 6.45) is 4.16. The lowest BCUT2D eigenvalue weighted by molar-refractivity contribution is -0.148. The fourth-order valence-electron chi connectivity index (χ4n) is 3.40. The third-order valence-electron chi connectivity index (χ3n) is 5.30. The lowest BCUT2D eigenvalue weighted by atomic mass is 9.86. The number of hydrogen-bond acceptors (Lipinski definition) is 5. The zero-order valence-electron chi connectivity index (χ0n) is 17.4. The average Bonchev–Trinajstić information content (AvgIpc) is 2.68. The highest BCUT2D eigenvalue weighted by atomic mass is 32.2. The van der Waals surface area contributed by atoms with Crippen LogP contribution in [0.2, 0.25) is 0 Å². The maximum Gasteiger partial charge on any atom is 0.307 e. The molecule has 0 aromatic heterocycles. The first-order valence-corrected chi connectivity index (χ1v) is 11.7. The molecule has 1 amide bonds. The second kappa shape index (κ2) is 10.7. The lowest BCUT2D eigenvalue weighted by Crippen LogP contribution is -2.43. The minimum absolute atomic E-state index is 0.0889. The van der Waals surface area contributed by atoms with Crippen molar-refractivity contribution in [2.24, 2.45) is 5.92 Å². The highest BCUT2D eigenvalue weighted by molar-refractivity contribution is 7.89. The topological polar surface area (TPSA) is 102 Å². The van der Waals surface area contributed by atoms with E-state index in [9.17, 15) is 18.0 Å². The highest BCUT2D eigenvalue weighted by Gasteiger charge is 2.23. The first kappa shape index (κ1) is 23.3. The van der Waals surface area contributed by atoms with Gasteiger partial charge in [-0.05, 0) is 42.4 Å². The van der Waals surface area contributed by atoms with Gasteiger partial charge in [0.2, 0.25) is 10.0 Å². The number of nitrogens with one attached hydrogen (secondary N) is 2. The second-order valence-corrected chi connectivity index (χ2v) is 9.73. The van der Waals surface area contributed by atoms with Gasteiger partial charge in [0, 0.05) is 12.6 Å². The Labute approximate surface area is 173 Å². The monoisotopic (exact) mass is 424 g/mol. The molecule has 2 N–H and O–H groups in total. The molecule has 0 radical (unpaired) electrons. The molecule has 0 heterocycles. The fourth-order valence-corrected chi connectivity index (χ4v) is 4.43. The highest BCUT2D eigenvalue weighted by Crippen LogP contribution is 2.23. The van der Waals surface area contributed by atoms with Gasteiger partial charge in [-0.15, -0.1) is 0 Å². The van der Waals surface area contributed by atoms with Crippen LogP contribution in [0.5, 0.6) is 0 Å². The van der Waals surface area contributed by atoms with Gasteiger partial charge in [0.05, 0.1) is 11.3 Å². The Morgan fingerprint density at radius 2 is 1.79 bits per heavy atom. The third-order valence-corrected chi connectivity index (χ3v) is 6.78. The van der Waals surface area contributed by atoms with Gasteiger partial charge in [0.1, 0.15) is 0 Å². The molecule has 1 aliphatic carbocycles. The summed E-state index contributed by atoms with van der Waals surface area (Å²) < 4.78 is 31.9. The Balaban J connectivity index is 1.71. The van der Waals surface area contributed by atoms with Gasteiger partial charge in [0.15, 0.2) is 6.61 Å². The number of amides is 1. The van der Waals surface area contributed by atoms with Crippen molar-refractivity contribution in [3.05, 3.63) is 29.8 Å². The number of benzene rings is 1. The van der Waals surface area contributed by atoms with Crippen molar-refractivity contribution >= 4 is 21.9 Å². The number of esters is 1. The van der Waals surface area contributed by atoms with Crippen LogP contribution in [0.1, 0.15) is 64.4 Å². The largest absolute Gasteiger partial charge is 0.456 e. The molecule has 1 aromatic rings. The summed E-state index contributed by atoms with van der Waals surface area (Å²) in [4.78, 5) is 23.9. The zero-order valence-corrected chi connectivity index (χ0v) is 18.3. The van der Waals surface area contributed by atoms with E-state index in [1.165, 1.54) is 6.42 Å². The van der Waals surface area contributed by atoms with E-state index in [4.69, 9.17) is 4.74 Å². The normalized spacial score (nSPS) is 19.7. The first-order chi connectivity index (χ1) is 13.7. The van der Waals surface area contributed by atoms with Gasteiger partial charge in [0.25, 0.3) is 5.91 Å². The number of hydrogen-bond donors (Lipinski definition) is 2. The van der Waals surface area contributed by atoms with Crippen LogP contribution < -0.4 is 10.0 Å². The quantitative estimate of drug-likeness (QED) is 0.594. The summed E-state index contributed by atoms with van der Waals surface area (Å²) in [7, 11) is -3.69. The molecular weight excluding hydrogens is 392 g/mol. The molecule has 8 heteroatoms. The number of ether oxygens (including phenoxy) is 1. The van der Waals surface area contributed by atoms with Gasteiger partial charge in [-0.25, -0.2) is 13.1 Å². The van der Waals surface area contributed by atoms with Gasteiger partial charge >= 0.3 is 5.97 Å². The van der Waals surface area contributed by atoms with Crippen LogP contribution in [0.15, 0.2) is 29.2 Å². The lowest BCUT2D eigenvalue weighted by Gasteiger charge is -2.29. The van der Waals surface area contributed by atoms with Gasteiger partial charge < -0.3 is 10.1 Å². The van der Waals surface area contributed by atoms with E-state index in [2.05, 4.69) is 17.0 Å².